The Kier molecular flexibility index (Phi) is 9.21. The fraction of sp³-hybridized carbons (Fsp3) is 0.667. The van der Waals surface area contributed by atoms with Crippen molar-refractivity contribution in [3.05, 3.63) is 24.2 Å². The average Bonchev–Trinajstić information content (AvgIpc) is 3.33. The molecule has 6 atom stereocenters. The molecule has 214 valence electrons. The fourth-order valence-electron chi connectivity index (χ4n) is 3.76. The van der Waals surface area contributed by atoms with E-state index in [1.54, 1.807) is 26.0 Å². The van der Waals surface area contributed by atoms with Crippen molar-refractivity contribution in [1.29, 1.82) is 0 Å². The molecule has 0 aromatic carbocycles. The zero-order chi connectivity index (χ0) is 28.5. The number of aliphatic hydroxyl groups excluding tert-OH is 2. The van der Waals surface area contributed by atoms with Crippen molar-refractivity contribution >= 4 is 34.9 Å². The quantitative estimate of drug-likeness (QED) is 0.192. The van der Waals surface area contributed by atoms with Crippen molar-refractivity contribution in [2.24, 2.45) is 0 Å². The molecule has 0 radical (unpaired) electrons. The number of hydrogen-bond acceptors (Lipinski definition) is 13. The number of aliphatic hydroxyl groups is 2. The van der Waals surface area contributed by atoms with E-state index in [2.05, 4.69) is 15.2 Å². The molecular formula is C21H34N5O10PS. The molecule has 38 heavy (non-hydrogen) atoms. The predicted octanol–water partition coefficient (Wildman–Crippen LogP) is -0.0211. The van der Waals surface area contributed by atoms with Gasteiger partial charge in [-0.1, -0.05) is 0 Å². The lowest BCUT2D eigenvalue weighted by Gasteiger charge is -2.30. The van der Waals surface area contributed by atoms with Crippen LogP contribution in [0, 0.1) is 0 Å². The maximum Gasteiger partial charge on any atom is 0.406 e. The Bertz CT molecular complexity index is 1300. The van der Waals surface area contributed by atoms with E-state index < -0.39 is 78.6 Å². The third kappa shape index (κ3) is 7.07. The van der Waals surface area contributed by atoms with Gasteiger partial charge in [0.15, 0.2) is 5.82 Å². The van der Waals surface area contributed by atoms with E-state index in [1.807, 2.05) is 0 Å². The third-order valence-electron chi connectivity index (χ3n) is 5.75. The molecule has 0 aliphatic carbocycles. The van der Waals surface area contributed by atoms with Gasteiger partial charge in [-0.2, -0.15) is 5.10 Å². The van der Waals surface area contributed by atoms with E-state index in [0.717, 1.165) is 6.26 Å². The number of carbonyl (C=O) groups is 1. The molecular weight excluding hydrogens is 545 g/mol. The minimum atomic E-state index is -4.36. The van der Waals surface area contributed by atoms with Gasteiger partial charge in [0.05, 0.1) is 30.8 Å². The highest BCUT2D eigenvalue weighted by atomic mass is 32.2. The first-order chi connectivity index (χ1) is 17.6. The molecule has 3 heterocycles. The highest BCUT2D eigenvalue weighted by Crippen LogP contribution is 2.48. The number of carbonyl (C=O) groups excluding carboxylic acids is 1. The minimum absolute atomic E-state index is 0.203. The summed E-state index contributed by atoms with van der Waals surface area (Å²) >= 11 is 0. The molecule has 17 heteroatoms. The number of nitrogen functional groups attached to an aromatic ring is 1. The number of nitrogens with one attached hydrogen (secondary N) is 1. The Hall–Kier alpha value is -2.17. The Morgan fingerprint density at radius 3 is 2.63 bits per heavy atom. The second-order valence-corrected chi connectivity index (χ2v) is 13.6. The number of esters is 1. The van der Waals surface area contributed by atoms with Crippen molar-refractivity contribution in [2.45, 2.75) is 63.8 Å². The zero-order valence-electron chi connectivity index (χ0n) is 21.7. The summed E-state index contributed by atoms with van der Waals surface area (Å²) in [6, 6.07) is 2.08. The summed E-state index contributed by atoms with van der Waals surface area (Å²) in [6.07, 6.45) is -2.25. The van der Waals surface area contributed by atoms with Gasteiger partial charge in [-0.05, 0) is 39.8 Å². The van der Waals surface area contributed by atoms with Crippen LogP contribution in [-0.4, -0.2) is 94.4 Å². The van der Waals surface area contributed by atoms with E-state index in [-0.39, 0.29) is 5.82 Å². The number of anilines is 1. The van der Waals surface area contributed by atoms with Crippen LogP contribution in [0.15, 0.2) is 18.5 Å². The van der Waals surface area contributed by atoms with E-state index in [4.69, 9.17) is 24.3 Å². The summed E-state index contributed by atoms with van der Waals surface area (Å²) in [6.45, 7) is 5.00. The summed E-state index contributed by atoms with van der Waals surface area (Å²) < 4.78 is 59.8. The lowest BCUT2D eigenvalue weighted by atomic mass is 9.97. The molecule has 0 spiro atoms. The molecule has 0 saturated carbocycles. The number of hydrogen-bond donors (Lipinski definition) is 4. The Morgan fingerprint density at radius 2 is 2.00 bits per heavy atom. The van der Waals surface area contributed by atoms with Gasteiger partial charge in [-0.25, -0.2) is 27.6 Å². The van der Waals surface area contributed by atoms with Gasteiger partial charge < -0.3 is 25.4 Å². The molecule has 2 aromatic rings. The molecule has 5 N–H and O–H groups in total. The highest BCUT2D eigenvalue weighted by molar-refractivity contribution is 7.90. The summed E-state index contributed by atoms with van der Waals surface area (Å²) in [4.78, 5) is 16.2. The van der Waals surface area contributed by atoms with Crippen LogP contribution in [0.4, 0.5) is 5.82 Å². The molecule has 1 unspecified atom stereocenters. The first-order valence-electron chi connectivity index (χ1n) is 11.7. The van der Waals surface area contributed by atoms with E-state index in [9.17, 15) is 28.0 Å². The number of aromatic nitrogens is 3. The van der Waals surface area contributed by atoms with Gasteiger partial charge in [0.1, 0.15) is 51.6 Å². The van der Waals surface area contributed by atoms with Crippen molar-refractivity contribution in [3.63, 3.8) is 0 Å². The molecule has 1 saturated heterocycles. The van der Waals surface area contributed by atoms with Crippen molar-refractivity contribution in [2.75, 3.05) is 31.0 Å². The van der Waals surface area contributed by atoms with Crippen LogP contribution in [0.3, 0.4) is 0 Å². The number of rotatable bonds is 12. The second-order valence-electron chi connectivity index (χ2n) is 9.56. The lowest BCUT2D eigenvalue weighted by molar-refractivity contribution is -0.149. The SMILES string of the molecule is CC(C)OC(=O)[C@H](C)NP(=O)(OCCS(C)(=O)=O)OC[C@@]1(C)O[C@@H](c2ccc3c(N)ncnn23)[C@H](O)[C@@H]1O. The number of nitrogens with zero attached hydrogens (tertiary/aromatic N) is 3. The van der Waals surface area contributed by atoms with Gasteiger partial charge in [0, 0.05) is 6.26 Å². The first-order valence-corrected chi connectivity index (χ1v) is 15.3. The molecule has 0 bridgehead atoms. The summed E-state index contributed by atoms with van der Waals surface area (Å²) in [5.74, 6) is -0.999. The Morgan fingerprint density at radius 1 is 1.32 bits per heavy atom. The lowest BCUT2D eigenvalue weighted by Crippen LogP contribution is -2.45. The molecule has 0 amide bonds. The number of fused-ring (bicyclic) bond motifs is 1. The van der Waals surface area contributed by atoms with Crippen LogP contribution in [0.25, 0.3) is 5.52 Å². The van der Waals surface area contributed by atoms with Gasteiger partial charge in [-0.3, -0.25) is 13.8 Å². The van der Waals surface area contributed by atoms with Gasteiger partial charge in [0.2, 0.25) is 0 Å². The van der Waals surface area contributed by atoms with Crippen molar-refractivity contribution in [3.8, 4) is 0 Å². The summed E-state index contributed by atoms with van der Waals surface area (Å²) in [5.41, 5.74) is 5.10. The van der Waals surface area contributed by atoms with Crippen LogP contribution in [0.5, 0.6) is 0 Å². The first kappa shape index (κ1) is 30.4. The van der Waals surface area contributed by atoms with E-state index in [0.29, 0.717) is 11.2 Å². The summed E-state index contributed by atoms with van der Waals surface area (Å²) in [7, 11) is -7.82. The van der Waals surface area contributed by atoms with Crippen LogP contribution < -0.4 is 10.8 Å². The molecule has 2 aromatic heterocycles. The molecule has 15 nitrogen and oxygen atoms in total. The average molecular weight is 580 g/mol. The molecule has 1 aliphatic heterocycles. The maximum atomic E-state index is 13.5. The van der Waals surface area contributed by atoms with Crippen molar-refractivity contribution < 1.29 is 46.5 Å². The largest absolute Gasteiger partial charge is 0.462 e. The Balaban J connectivity index is 1.79. The number of nitrogens with two attached hydrogens (primary N) is 1. The Labute approximate surface area is 220 Å². The number of ether oxygens (including phenoxy) is 2. The van der Waals surface area contributed by atoms with Gasteiger partial charge >= 0.3 is 13.7 Å². The van der Waals surface area contributed by atoms with Crippen LogP contribution in [0.2, 0.25) is 0 Å². The van der Waals surface area contributed by atoms with Crippen molar-refractivity contribution in [1.82, 2.24) is 19.7 Å². The predicted molar refractivity (Wildman–Crippen MR) is 135 cm³/mol. The topological polar surface area (TPSA) is 214 Å². The molecule has 1 fully saturated rings. The smallest absolute Gasteiger partial charge is 0.406 e. The highest BCUT2D eigenvalue weighted by Gasteiger charge is 2.53. The van der Waals surface area contributed by atoms with E-state index >= 15 is 0 Å². The molecule has 3 rings (SSSR count). The summed E-state index contributed by atoms with van der Waals surface area (Å²) in [5, 5.41) is 28.2. The fourth-order valence-corrected chi connectivity index (χ4v) is 5.83. The monoisotopic (exact) mass is 579 g/mol. The normalized spacial score (nSPS) is 26.5. The third-order valence-corrected chi connectivity index (χ3v) is 8.36. The standard InChI is InChI=1S/C21H34N5O10PS/c1-12(2)35-20(29)13(3)25-37(30,33-8-9-38(5,31)32)34-10-21(4)18(28)16(27)17(36-21)14-6-7-15-19(22)23-11-24-26(14)15/h6-7,11-13,16-18,27-28H,8-10H2,1-5H3,(H,25,30)(H2,22,23,24)/t13-,16-,17-,18-,21+,37?/m0/s1. The molecule has 1 aliphatic rings. The van der Waals surface area contributed by atoms with Gasteiger partial charge in [0.25, 0.3) is 0 Å². The van der Waals surface area contributed by atoms with Gasteiger partial charge in [-0.15, -0.1) is 0 Å². The number of sulfone groups is 1. The zero-order valence-corrected chi connectivity index (χ0v) is 23.4. The second kappa shape index (κ2) is 11.5. The van der Waals surface area contributed by atoms with Crippen LogP contribution in [0.1, 0.15) is 39.5 Å². The minimum Gasteiger partial charge on any atom is -0.462 e. The van der Waals surface area contributed by atoms with Crippen LogP contribution >= 0.6 is 7.75 Å². The van der Waals surface area contributed by atoms with E-state index in [1.165, 1.54) is 24.7 Å². The van der Waals surface area contributed by atoms with Crippen LogP contribution in [-0.2, 0) is 37.7 Å². The maximum absolute atomic E-state index is 13.5.